The van der Waals surface area contributed by atoms with Gasteiger partial charge in [0.05, 0.1) is 19.8 Å². The van der Waals surface area contributed by atoms with Crippen LogP contribution >= 0.6 is 0 Å². The van der Waals surface area contributed by atoms with E-state index in [4.69, 9.17) is 10.5 Å². The lowest BCUT2D eigenvalue weighted by molar-refractivity contribution is 0.0341. The van der Waals surface area contributed by atoms with Crippen molar-refractivity contribution in [3.05, 3.63) is 35.4 Å². The van der Waals surface area contributed by atoms with Gasteiger partial charge in [-0.05, 0) is 11.6 Å². The van der Waals surface area contributed by atoms with Gasteiger partial charge < -0.3 is 10.5 Å². The molecule has 0 saturated carbocycles. The van der Waals surface area contributed by atoms with Crippen molar-refractivity contribution in [2.45, 2.75) is 6.54 Å². The minimum absolute atomic E-state index is 0.409. The first-order valence-electron chi connectivity index (χ1n) is 5.97. The number of morpholine rings is 1. The molecule has 0 radical (unpaired) electrons. The van der Waals surface area contributed by atoms with E-state index < -0.39 is 0 Å². The minimum atomic E-state index is 0.409. The van der Waals surface area contributed by atoms with E-state index >= 15 is 0 Å². The molecule has 0 aromatic heterocycles. The molecule has 0 amide bonds. The van der Waals surface area contributed by atoms with Gasteiger partial charge in [0.15, 0.2) is 0 Å². The van der Waals surface area contributed by atoms with E-state index in [1.54, 1.807) is 0 Å². The molecular formula is C14H18N2O. The Balaban J connectivity index is 2.08. The van der Waals surface area contributed by atoms with Crippen LogP contribution in [-0.2, 0) is 11.3 Å². The molecule has 0 atom stereocenters. The first kappa shape index (κ1) is 12.1. The van der Waals surface area contributed by atoms with Crippen LogP contribution in [0, 0.1) is 11.8 Å². The van der Waals surface area contributed by atoms with Gasteiger partial charge in [-0.25, -0.2) is 0 Å². The topological polar surface area (TPSA) is 38.5 Å². The summed E-state index contributed by atoms with van der Waals surface area (Å²) in [5.41, 5.74) is 7.77. The van der Waals surface area contributed by atoms with Crippen molar-refractivity contribution < 1.29 is 4.74 Å². The van der Waals surface area contributed by atoms with Gasteiger partial charge in [-0.15, -0.1) is 0 Å². The van der Waals surface area contributed by atoms with Crippen LogP contribution < -0.4 is 5.73 Å². The van der Waals surface area contributed by atoms with Gasteiger partial charge in [0.1, 0.15) is 0 Å². The third-order valence-corrected chi connectivity index (χ3v) is 2.84. The van der Waals surface area contributed by atoms with E-state index in [2.05, 4.69) is 34.9 Å². The van der Waals surface area contributed by atoms with Crippen molar-refractivity contribution in [1.29, 1.82) is 0 Å². The largest absolute Gasteiger partial charge is 0.379 e. The molecule has 0 unspecified atom stereocenters. The van der Waals surface area contributed by atoms with Crippen LogP contribution in [0.25, 0.3) is 0 Å². The fraction of sp³-hybridized carbons (Fsp3) is 0.429. The molecule has 17 heavy (non-hydrogen) atoms. The number of hydrogen-bond donors (Lipinski definition) is 1. The third-order valence-electron chi connectivity index (χ3n) is 2.84. The van der Waals surface area contributed by atoms with E-state index in [-0.39, 0.29) is 0 Å². The van der Waals surface area contributed by atoms with Gasteiger partial charge in [0.2, 0.25) is 0 Å². The first-order valence-corrected chi connectivity index (χ1v) is 5.97. The van der Waals surface area contributed by atoms with E-state index in [1.807, 2.05) is 6.07 Å². The van der Waals surface area contributed by atoms with Crippen molar-refractivity contribution in [2.75, 3.05) is 32.8 Å². The first-order chi connectivity index (χ1) is 8.40. The predicted molar refractivity (Wildman–Crippen MR) is 68.5 cm³/mol. The highest BCUT2D eigenvalue weighted by molar-refractivity contribution is 5.41. The monoisotopic (exact) mass is 230 g/mol. The zero-order valence-corrected chi connectivity index (χ0v) is 9.98. The summed E-state index contributed by atoms with van der Waals surface area (Å²) in [5.74, 6) is 6.05. The zero-order valence-electron chi connectivity index (χ0n) is 9.98. The van der Waals surface area contributed by atoms with Crippen molar-refractivity contribution in [3.63, 3.8) is 0 Å². The third kappa shape index (κ3) is 3.57. The van der Waals surface area contributed by atoms with Crippen molar-refractivity contribution in [2.24, 2.45) is 5.73 Å². The molecule has 3 nitrogen and oxygen atoms in total. The molecule has 1 aliphatic rings. The second-order valence-corrected chi connectivity index (χ2v) is 4.05. The van der Waals surface area contributed by atoms with Crippen LogP contribution in [0.1, 0.15) is 11.1 Å². The molecule has 0 bridgehead atoms. The maximum atomic E-state index is 5.41. The lowest BCUT2D eigenvalue weighted by Crippen LogP contribution is -2.35. The Hall–Kier alpha value is -1.34. The van der Waals surface area contributed by atoms with Crippen molar-refractivity contribution in [3.8, 4) is 11.8 Å². The highest BCUT2D eigenvalue weighted by atomic mass is 16.5. The van der Waals surface area contributed by atoms with Crippen molar-refractivity contribution >= 4 is 0 Å². The maximum Gasteiger partial charge on any atom is 0.0594 e. The second kappa shape index (κ2) is 6.41. The number of nitrogens with zero attached hydrogens (tertiary/aromatic N) is 1. The van der Waals surface area contributed by atoms with Crippen molar-refractivity contribution in [1.82, 2.24) is 4.90 Å². The average Bonchev–Trinajstić information content (AvgIpc) is 2.39. The predicted octanol–water partition coefficient (Wildman–Crippen LogP) is 0.829. The lowest BCUT2D eigenvalue weighted by atomic mass is 10.1. The summed E-state index contributed by atoms with van der Waals surface area (Å²) in [6, 6.07) is 8.27. The molecule has 1 aliphatic heterocycles. The fourth-order valence-corrected chi connectivity index (χ4v) is 1.93. The standard InChI is InChI=1S/C14H18N2O/c15-7-3-6-13-4-1-2-5-14(13)12-16-8-10-17-11-9-16/h1-2,4-5H,7-12,15H2. The number of nitrogens with two attached hydrogens (primary N) is 1. The Morgan fingerprint density at radius 1 is 1.24 bits per heavy atom. The quantitative estimate of drug-likeness (QED) is 0.765. The molecule has 1 fully saturated rings. The molecule has 3 heteroatoms. The Morgan fingerprint density at radius 3 is 2.76 bits per heavy atom. The molecule has 90 valence electrons. The van der Waals surface area contributed by atoms with Crippen LogP contribution in [0.2, 0.25) is 0 Å². The summed E-state index contributed by atoms with van der Waals surface area (Å²) in [5, 5.41) is 0. The van der Waals surface area contributed by atoms with E-state index in [0.717, 1.165) is 38.4 Å². The molecule has 0 aliphatic carbocycles. The highest BCUT2D eigenvalue weighted by Crippen LogP contribution is 2.11. The van der Waals surface area contributed by atoms with E-state index in [0.29, 0.717) is 6.54 Å². The number of benzene rings is 1. The van der Waals surface area contributed by atoms with Gasteiger partial charge in [-0.3, -0.25) is 4.90 Å². The van der Waals surface area contributed by atoms with Crippen LogP contribution in [0.4, 0.5) is 0 Å². The van der Waals surface area contributed by atoms with Gasteiger partial charge in [0, 0.05) is 25.2 Å². The van der Waals surface area contributed by atoms with E-state index in [9.17, 15) is 0 Å². The summed E-state index contributed by atoms with van der Waals surface area (Å²) in [7, 11) is 0. The normalized spacial score (nSPS) is 16.3. The molecule has 1 aromatic carbocycles. The summed E-state index contributed by atoms with van der Waals surface area (Å²) in [6.07, 6.45) is 0. The van der Waals surface area contributed by atoms with Crippen LogP contribution in [0.15, 0.2) is 24.3 Å². The molecule has 1 heterocycles. The van der Waals surface area contributed by atoms with E-state index in [1.165, 1.54) is 5.56 Å². The maximum absolute atomic E-state index is 5.41. The van der Waals surface area contributed by atoms with Gasteiger partial charge in [0.25, 0.3) is 0 Å². The fourth-order valence-electron chi connectivity index (χ4n) is 1.93. The summed E-state index contributed by atoms with van der Waals surface area (Å²) < 4.78 is 5.35. The Labute approximate surface area is 103 Å². The minimum Gasteiger partial charge on any atom is -0.379 e. The van der Waals surface area contributed by atoms with Crippen LogP contribution in [-0.4, -0.2) is 37.7 Å². The lowest BCUT2D eigenvalue weighted by Gasteiger charge is -2.26. The second-order valence-electron chi connectivity index (χ2n) is 4.05. The number of ether oxygens (including phenoxy) is 1. The summed E-state index contributed by atoms with van der Waals surface area (Å²) in [4.78, 5) is 2.40. The molecule has 1 saturated heterocycles. The summed E-state index contributed by atoms with van der Waals surface area (Å²) >= 11 is 0. The smallest absolute Gasteiger partial charge is 0.0594 e. The Bertz CT molecular complexity index is 414. The summed E-state index contributed by atoms with van der Waals surface area (Å²) in [6.45, 7) is 5.01. The number of hydrogen-bond acceptors (Lipinski definition) is 3. The SMILES string of the molecule is NCC#Cc1ccccc1CN1CCOCC1. The molecule has 1 aromatic rings. The van der Waals surface area contributed by atoms with Crippen LogP contribution in [0.3, 0.4) is 0 Å². The molecule has 0 spiro atoms. The molecular weight excluding hydrogens is 212 g/mol. The van der Waals surface area contributed by atoms with Crippen LogP contribution in [0.5, 0.6) is 0 Å². The zero-order chi connectivity index (χ0) is 11.9. The highest BCUT2D eigenvalue weighted by Gasteiger charge is 2.11. The average molecular weight is 230 g/mol. The Kier molecular flexibility index (Phi) is 4.57. The van der Waals surface area contributed by atoms with Gasteiger partial charge in [-0.2, -0.15) is 0 Å². The molecule has 2 rings (SSSR count). The number of rotatable bonds is 2. The van der Waals surface area contributed by atoms with Gasteiger partial charge in [-0.1, -0.05) is 30.0 Å². The van der Waals surface area contributed by atoms with Gasteiger partial charge >= 0.3 is 0 Å². The Morgan fingerprint density at radius 2 is 2.00 bits per heavy atom. The molecule has 2 N–H and O–H groups in total.